The summed E-state index contributed by atoms with van der Waals surface area (Å²) < 4.78 is 16.2. The van der Waals surface area contributed by atoms with Crippen molar-refractivity contribution in [3.05, 3.63) is 59.7 Å². The van der Waals surface area contributed by atoms with Gasteiger partial charge in [0.05, 0.1) is 33.5 Å². The van der Waals surface area contributed by atoms with Crippen molar-refractivity contribution in [2.45, 2.75) is 18.9 Å². The third-order valence-electron chi connectivity index (χ3n) is 4.94. The number of methoxy groups -OCH3 is 2. The zero-order valence-electron chi connectivity index (χ0n) is 14.9. The van der Waals surface area contributed by atoms with Crippen LogP contribution in [0.3, 0.4) is 0 Å². The van der Waals surface area contributed by atoms with Crippen LogP contribution in [0.4, 0.5) is 0 Å². The molecule has 2 aromatic carbocycles. The van der Waals surface area contributed by atoms with Crippen LogP contribution in [-0.4, -0.2) is 38.6 Å². The normalized spacial score (nSPS) is 23.2. The molecule has 0 spiro atoms. The molecule has 0 aliphatic carbocycles. The lowest BCUT2D eigenvalue weighted by atomic mass is 9.82. The summed E-state index contributed by atoms with van der Waals surface area (Å²) in [5.41, 5.74) is 2.39. The Hall–Kier alpha value is -2.04. The fourth-order valence-corrected chi connectivity index (χ4v) is 3.44. The van der Waals surface area contributed by atoms with Crippen LogP contribution in [0.1, 0.15) is 11.1 Å². The third kappa shape index (κ3) is 4.53. The van der Waals surface area contributed by atoms with E-state index in [1.54, 1.807) is 14.2 Å². The quantitative estimate of drug-likeness (QED) is 0.876. The summed E-state index contributed by atoms with van der Waals surface area (Å²) in [6, 6.07) is 16.1. The first-order valence-corrected chi connectivity index (χ1v) is 8.71. The Bertz CT molecular complexity index is 593. The maximum absolute atomic E-state index is 10.8. The van der Waals surface area contributed by atoms with Crippen LogP contribution in [0, 0.1) is 11.8 Å². The third-order valence-corrected chi connectivity index (χ3v) is 4.94. The molecular weight excluding hydrogens is 316 g/mol. The van der Waals surface area contributed by atoms with E-state index in [1.165, 1.54) is 11.1 Å². The highest BCUT2D eigenvalue weighted by atomic mass is 16.5. The number of hydrogen-bond donors (Lipinski definition) is 1. The molecule has 4 heteroatoms. The number of ether oxygens (including phenoxy) is 3. The highest BCUT2D eigenvalue weighted by Crippen LogP contribution is 2.27. The average Bonchev–Trinajstić information content (AvgIpc) is 2.66. The largest absolute Gasteiger partial charge is 0.497 e. The van der Waals surface area contributed by atoms with Crippen molar-refractivity contribution in [2.75, 3.05) is 27.4 Å². The maximum atomic E-state index is 10.8. The van der Waals surface area contributed by atoms with Gasteiger partial charge in [-0.15, -0.1) is 0 Å². The molecule has 1 fully saturated rings. The molecule has 0 amide bonds. The zero-order chi connectivity index (χ0) is 17.6. The Morgan fingerprint density at radius 1 is 0.800 bits per heavy atom. The molecule has 25 heavy (non-hydrogen) atoms. The Morgan fingerprint density at radius 3 is 1.56 bits per heavy atom. The van der Waals surface area contributed by atoms with Crippen molar-refractivity contribution in [3.63, 3.8) is 0 Å². The molecule has 2 atom stereocenters. The molecule has 1 N–H and O–H groups in total. The molecule has 2 unspecified atom stereocenters. The topological polar surface area (TPSA) is 47.9 Å². The second-order valence-corrected chi connectivity index (χ2v) is 6.65. The van der Waals surface area contributed by atoms with E-state index in [2.05, 4.69) is 24.3 Å². The van der Waals surface area contributed by atoms with Gasteiger partial charge in [0.1, 0.15) is 11.5 Å². The van der Waals surface area contributed by atoms with Gasteiger partial charge in [0.25, 0.3) is 0 Å². The standard InChI is InChI=1S/C21H26O4/c1-23-19-7-3-15(4-8-19)11-17-13-25-14-18(21(17)22)12-16-5-9-20(24-2)10-6-16/h3-10,17-18,21-22H,11-14H2,1-2H3. The van der Waals surface area contributed by atoms with E-state index in [4.69, 9.17) is 14.2 Å². The summed E-state index contributed by atoms with van der Waals surface area (Å²) in [7, 11) is 3.33. The van der Waals surface area contributed by atoms with Gasteiger partial charge in [-0.2, -0.15) is 0 Å². The smallest absolute Gasteiger partial charge is 0.118 e. The van der Waals surface area contributed by atoms with Gasteiger partial charge in [-0.25, -0.2) is 0 Å². The highest BCUT2D eigenvalue weighted by Gasteiger charge is 2.32. The van der Waals surface area contributed by atoms with Crippen molar-refractivity contribution in [2.24, 2.45) is 11.8 Å². The second kappa shape index (κ2) is 8.37. The molecule has 2 aromatic rings. The van der Waals surface area contributed by atoms with E-state index >= 15 is 0 Å². The minimum Gasteiger partial charge on any atom is -0.497 e. The fourth-order valence-electron chi connectivity index (χ4n) is 3.44. The number of aliphatic hydroxyl groups is 1. The first-order valence-electron chi connectivity index (χ1n) is 8.71. The molecule has 1 aliphatic heterocycles. The van der Waals surface area contributed by atoms with Crippen LogP contribution in [0.25, 0.3) is 0 Å². The number of aliphatic hydroxyl groups excluding tert-OH is 1. The number of rotatable bonds is 6. The fraction of sp³-hybridized carbons (Fsp3) is 0.429. The van der Waals surface area contributed by atoms with Crippen LogP contribution < -0.4 is 9.47 Å². The van der Waals surface area contributed by atoms with Gasteiger partial charge in [0.2, 0.25) is 0 Å². The van der Waals surface area contributed by atoms with Crippen molar-refractivity contribution in [1.29, 1.82) is 0 Å². The molecule has 0 bridgehead atoms. The summed E-state index contributed by atoms with van der Waals surface area (Å²) in [4.78, 5) is 0. The molecular formula is C21H26O4. The Kier molecular flexibility index (Phi) is 5.95. The van der Waals surface area contributed by atoms with Gasteiger partial charge in [0.15, 0.2) is 0 Å². The van der Waals surface area contributed by atoms with E-state index in [-0.39, 0.29) is 17.9 Å². The summed E-state index contributed by atoms with van der Waals surface area (Å²) in [6.07, 6.45) is 1.26. The number of hydrogen-bond acceptors (Lipinski definition) is 4. The minimum absolute atomic E-state index is 0.116. The minimum atomic E-state index is -0.363. The Balaban J connectivity index is 1.62. The van der Waals surface area contributed by atoms with E-state index in [9.17, 15) is 5.11 Å². The Labute approximate surface area is 149 Å². The molecule has 0 saturated carbocycles. The molecule has 1 aliphatic rings. The summed E-state index contributed by atoms with van der Waals surface area (Å²) in [5, 5.41) is 10.8. The van der Waals surface area contributed by atoms with Crippen LogP contribution in [-0.2, 0) is 17.6 Å². The SMILES string of the molecule is COc1ccc(CC2COCC(Cc3ccc(OC)cc3)C2O)cc1. The average molecular weight is 342 g/mol. The molecule has 134 valence electrons. The molecule has 0 radical (unpaired) electrons. The number of benzene rings is 2. The highest BCUT2D eigenvalue weighted by molar-refractivity contribution is 5.28. The van der Waals surface area contributed by atoms with E-state index in [0.29, 0.717) is 13.2 Å². The molecule has 3 rings (SSSR count). The Morgan fingerprint density at radius 2 is 1.20 bits per heavy atom. The van der Waals surface area contributed by atoms with Crippen molar-refractivity contribution in [3.8, 4) is 11.5 Å². The van der Waals surface area contributed by atoms with Crippen LogP contribution in [0.5, 0.6) is 11.5 Å². The monoisotopic (exact) mass is 342 g/mol. The van der Waals surface area contributed by atoms with E-state index in [0.717, 1.165) is 24.3 Å². The van der Waals surface area contributed by atoms with Crippen LogP contribution in [0.2, 0.25) is 0 Å². The van der Waals surface area contributed by atoms with Crippen molar-refractivity contribution < 1.29 is 19.3 Å². The zero-order valence-corrected chi connectivity index (χ0v) is 14.9. The van der Waals surface area contributed by atoms with Gasteiger partial charge < -0.3 is 19.3 Å². The van der Waals surface area contributed by atoms with Crippen LogP contribution in [0.15, 0.2) is 48.5 Å². The molecule has 0 aromatic heterocycles. The first-order chi connectivity index (χ1) is 12.2. The van der Waals surface area contributed by atoms with Crippen molar-refractivity contribution in [1.82, 2.24) is 0 Å². The first kappa shape index (κ1) is 17.8. The predicted molar refractivity (Wildman–Crippen MR) is 97.2 cm³/mol. The second-order valence-electron chi connectivity index (χ2n) is 6.65. The lowest BCUT2D eigenvalue weighted by molar-refractivity contribution is -0.0789. The van der Waals surface area contributed by atoms with E-state index in [1.807, 2.05) is 24.3 Å². The van der Waals surface area contributed by atoms with Gasteiger partial charge in [-0.05, 0) is 48.2 Å². The van der Waals surface area contributed by atoms with Gasteiger partial charge >= 0.3 is 0 Å². The van der Waals surface area contributed by atoms with Crippen molar-refractivity contribution >= 4 is 0 Å². The molecule has 1 saturated heterocycles. The maximum Gasteiger partial charge on any atom is 0.118 e. The lowest BCUT2D eigenvalue weighted by Gasteiger charge is -2.35. The van der Waals surface area contributed by atoms with E-state index < -0.39 is 0 Å². The van der Waals surface area contributed by atoms with Gasteiger partial charge in [0, 0.05) is 11.8 Å². The lowest BCUT2D eigenvalue weighted by Crippen LogP contribution is -2.42. The molecule has 4 nitrogen and oxygen atoms in total. The predicted octanol–water partition coefficient (Wildman–Crippen LogP) is 3.11. The van der Waals surface area contributed by atoms with Crippen LogP contribution >= 0.6 is 0 Å². The summed E-state index contributed by atoms with van der Waals surface area (Å²) in [5.74, 6) is 1.93. The summed E-state index contributed by atoms with van der Waals surface area (Å²) >= 11 is 0. The van der Waals surface area contributed by atoms with Gasteiger partial charge in [-0.3, -0.25) is 0 Å². The molecule has 1 heterocycles. The van der Waals surface area contributed by atoms with Gasteiger partial charge in [-0.1, -0.05) is 24.3 Å². The summed E-state index contributed by atoms with van der Waals surface area (Å²) in [6.45, 7) is 1.21.